The van der Waals surface area contributed by atoms with Crippen molar-refractivity contribution in [1.29, 1.82) is 0 Å². The Morgan fingerprint density at radius 1 is 0.962 bits per heavy atom. The van der Waals surface area contributed by atoms with Crippen molar-refractivity contribution in [3.05, 3.63) is 89.6 Å². The van der Waals surface area contributed by atoms with Crippen LogP contribution >= 0.6 is 0 Å². The summed E-state index contributed by atoms with van der Waals surface area (Å²) >= 11 is 0. The summed E-state index contributed by atoms with van der Waals surface area (Å²) in [5.41, 5.74) is 2.09. The molecule has 3 aromatic rings. The number of hydrogen-bond donors (Lipinski definition) is 2. The molecule has 0 saturated heterocycles. The number of pyridine rings is 1. The molecule has 0 fully saturated rings. The highest BCUT2D eigenvalue weighted by Crippen LogP contribution is 2.13. The maximum atomic E-state index is 13.2. The molecule has 1 aromatic heterocycles. The highest BCUT2D eigenvalue weighted by molar-refractivity contribution is 6.03. The lowest BCUT2D eigenvalue weighted by Gasteiger charge is -2.08. The molecular formula is C20H17F2N3O. The van der Waals surface area contributed by atoms with Crippen molar-refractivity contribution in [2.45, 2.75) is 6.42 Å². The summed E-state index contributed by atoms with van der Waals surface area (Å²) in [7, 11) is 0. The average molecular weight is 353 g/mol. The second kappa shape index (κ2) is 8.20. The van der Waals surface area contributed by atoms with Crippen LogP contribution in [0.4, 0.5) is 20.3 Å². The van der Waals surface area contributed by atoms with E-state index in [1.807, 2.05) is 18.2 Å². The number of nitrogens with zero attached hydrogens (tertiary/aromatic N) is 1. The number of hydrogen-bond acceptors (Lipinski definition) is 3. The summed E-state index contributed by atoms with van der Waals surface area (Å²) in [6.45, 7) is 0.756. The van der Waals surface area contributed by atoms with Gasteiger partial charge in [0, 0.05) is 12.1 Å². The van der Waals surface area contributed by atoms with E-state index in [9.17, 15) is 13.6 Å². The third-order valence-corrected chi connectivity index (χ3v) is 3.77. The maximum Gasteiger partial charge on any atom is 0.256 e. The molecule has 0 spiro atoms. The summed E-state index contributed by atoms with van der Waals surface area (Å²) in [6, 6.07) is 16.5. The van der Waals surface area contributed by atoms with E-state index < -0.39 is 17.5 Å². The van der Waals surface area contributed by atoms with Gasteiger partial charge in [-0.1, -0.05) is 30.3 Å². The minimum absolute atomic E-state index is 0.0239. The molecule has 26 heavy (non-hydrogen) atoms. The first kappa shape index (κ1) is 17.5. The molecule has 2 N–H and O–H groups in total. The van der Waals surface area contributed by atoms with Crippen molar-refractivity contribution >= 4 is 17.4 Å². The van der Waals surface area contributed by atoms with Crippen LogP contribution in [0.25, 0.3) is 0 Å². The van der Waals surface area contributed by atoms with Gasteiger partial charge in [-0.25, -0.2) is 13.8 Å². The van der Waals surface area contributed by atoms with Gasteiger partial charge in [-0.2, -0.15) is 0 Å². The number of nitrogens with one attached hydrogen (secondary N) is 2. The summed E-state index contributed by atoms with van der Waals surface area (Å²) in [5, 5.41) is 5.80. The molecule has 4 nitrogen and oxygen atoms in total. The number of amides is 1. The van der Waals surface area contributed by atoms with Gasteiger partial charge in [-0.3, -0.25) is 4.79 Å². The molecule has 0 atom stereocenters. The monoisotopic (exact) mass is 353 g/mol. The van der Waals surface area contributed by atoms with Crippen LogP contribution in [-0.2, 0) is 6.42 Å². The molecular weight excluding hydrogens is 336 g/mol. The SMILES string of the molecule is O=C(Nc1ccc(NCCc2ccccc2)cn1)c1ccc(F)c(F)c1. The van der Waals surface area contributed by atoms with Crippen LogP contribution in [0.15, 0.2) is 66.9 Å². The van der Waals surface area contributed by atoms with E-state index in [-0.39, 0.29) is 5.56 Å². The van der Waals surface area contributed by atoms with Crippen LogP contribution in [0.3, 0.4) is 0 Å². The van der Waals surface area contributed by atoms with Crippen molar-refractivity contribution in [1.82, 2.24) is 4.98 Å². The van der Waals surface area contributed by atoms with Gasteiger partial charge >= 0.3 is 0 Å². The number of anilines is 2. The largest absolute Gasteiger partial charge is 0.383 e. The maximum absolute atomic E-state index is 13.2. The molecule has 6 heteroatoms. The van der Waals surface area contributed by atoms with Gasteiger partial charge in [-0.05, 0) is 42.3 Å². The van der Waals surface area contributed by atoms with Gasteiger partial charge in [0.2, 0.25) is 0 Å². The number of halogens is 2. The lowest BCUT2D eigenvalue weighted by molar-refractivity contribution is 0.102. The predicted octanol–water partition coefficient (Wildman–Crippen LogP) is 4.27. The van der Waals surface area contributed by atoms with Gasteiger partial charge in [-0.15, -0.1) is 0 Å². The first-order chi connectivity index (χ1) is 12.6. The first-order valence-corrected chi connectivity index (χ1v) is 8.12. The van der Waals surface area contributed by atoms with E-state index in [1.165, 1.54) is 11.6 Å². The third kappa shape index (κ3) is 4.63. The van der Waals surface area contributed by atoms with Crippen LogP contribution in [0.2, 0.25) is 0 Å². The predicted molar refractivity (Wildman–Crippen MR) is 97.2 cm³/mol. The number of benzene rings is 2. The molecule has 0 unspecified atom stereocenters. The Morgan fingerprint density at radius 3 is 2.46 bits per heavy atom. The van der Waals surface area contributed by atoms with Crippen LogP contribution in [0.1, 0.15) is 15.9 Å². The minimum atomic E-state index is -1.07. The fourth-order valence-electron chi connectivity index (χ4n) is 2.39. The van der Waals surface area contributed by atoms with E-state index in [0.29, 0.717) is 5.82 Å². The minimum Gasteiger partial charge on any atom is -0.383 e. The van der Waals surface area contributed by atoms with Crippen molar-refractivity contribution in [2.24, 2.45) is 0 Å². The van der Waals surface area contributed by atoms with Crippen molar-refractivity contribution in [3.8, 4) is 0 Å². The summed E-state index contributed by atoms with van der Waals surface area (Å²) in [6.07, 6.45) is 2.49. The summed E-state index contributed by atoms with van der Waals surface area (Å²) in [5.74, 6) is -2.29. The molecule has 3 rings (SSSR count). The number of rotatable bonds is 6. The molecule has 0 aliphatic heterocycles. The second-order valence-electron chi connectivity index (χ2n) is 5.68. The number of aromatic nitrogens is 1. The molecule has 0 saturated carbocycles. The topological polar surface area (TPSA) is 54.0 Å². The standard InChI is InChI=1S/C20H17F2N3O/c21-17-8-6-15(12-18(17)22)20(26)25-19-9-7-16(13-24-19)23-11-10-14-4-2-1-3-5-14/h1-9,12-13,23H,10-11H2,(H,24,25,26). The number of carbonyl (C=O) groups is 1. The Bertz CT molecular complexity index is 883. The van der Waals surface area contributed by atoms with Crippen LogP contribution < -0.4 is 10.6 Å². The molecule has 0 aliphatic rings. The quantitative estimate of drug-likeness (QED) is 0.696. The second-order valence-corrected chi connectivity index (χ2v) is 5.68. The summed E-state index contributed by atoms with van der Waals surface area (Å²) in [4.78, 5) is 16.2. The molecule has 1 heterocycles. The highest BCUT2D eigenvalue weighted by atomic mass is 19.2. The number of carbonyl (C=O) groups excluding carboxylic acids is 1. The molecule has 0 bridgehead atoms. The fraction of sp³-hybridized carbons (Fsp3) is 0.100. The fourth-order valence-corrected chi connectivity index (χ4v) is 2.39. The van der Waals surface area contributed by atoms with Crippen molar-refractivity contribution in [2.75, 3.05) is 17.2 Å². The van der Waals surface area contributed by atoms with Crippen LogP contribution in [0.5, 0.6) is 0 Å². The van der Waals surface area contributed by atoms with E-state index in [0.717, 1.165) is 30.8 Å². The van der Waals surface area contributed by atoms with Gasteiger partial charge < -0.3 is 10.6 Å². The molecule has 0 aliphatic carbocycles. The lowest BCUT2D eigenvalue weighted by atomic mass is 10.1. The zero-order valence-electron chi connectivity index (χ0n) is 13.9. The third-order valence-electron chi connectivity index (χ3n) is 3.77. The average Bonchev–Trinajstić information content (AvgIpc) is 2.66. The van der Waals surface area contributed by atoms with E-state index in [2.05, 4.69) is 27.8 Å². The van der Waals surface area contributed by atoms with E-state index in [4.69, 9.17) is 0 Å². The van der Waals surface area contributed by atoms with Crippen LogP contribution in [-0.4, -0.2) is 17.4 Å². The lowest BCUT2D eigenvalue weighted by Crippen LogP contribution is -2.13. The van der Waals surface area contributed by atoms with E-state index >= 15 is 0 Å². The van der Waals surface area contributed by atoms with Crippen molar-refractivity contribution in [3.63, 3.8) is 0 Å². The smallest absolute Gasteiger partial charge is 0.256 e. The van der Waals surface area contributed by atoms with E-state index in [1.54, 1.807) is 18.3 Å². The molecule has 2 aromatic carbocycles. The Morgan fingerprint density at radius 2 is 1.77 bits per heavy atom. The van der Waals surface area contributed by atoms with Gasteiger partial charge in [0.1, 0.15) is 5.82 Å². The highest BCUT2D eigenvalue weighted by Gasteiger charge is 2.10. The summed E-state index contributed by atoms with van der Waals surface area (Å²) < 4.78 is 26.1. The van der Waals surface area contributed by atoms with Gasteiger partial charge in [0.05, 0.1) is 11.9 Å². The molecule has 132 valence electrons. The Balaban J connectivity index is 1.53. The zero-order chi connectivity index (χ0) is 18.4. The Kier molecular flexibility index (Phi) is 5.53. The van der Waals surface area contributed by atoms with Gasteiger partial charge in [0.25, 0.3) is 5.91 Å². The normalized spacial score (nSPS) is 10.4. The molecule has 1 amide bonds. The van der Waals surface area contributed by atoms with Crippen LogP contribution in [0, 0.1) is 11.6 Å². The zero-order valence-corrected chi connectivity index (χ0v) is 13.9. The van der Waals surface area contributed by atoms with Crippen molar-refractivity contribution < 1.29 is 13.6 Å². The first-order valence-electron chi connectivity index (χ1n) is 8.12. The Hall–Kier alpha value is -3.28. The molecule has 0 radical (unpaired) electrons. The van der Waals surface area contributed by atoms with Gasteiger partial charge in [0.15, 0.2) is 11.6 Å². The Labute approximate surface area is 149 Å².